The number of rotatable bonds is 2. The second-order valence-electron chi connectivity index (χ2n) is 3.83. The molecular weight excluding hydrogens is 198 g/mol. The summed E-state index contributed by atoms with van der Waals surface area (Å²) in [6, 6.07) is 8.73. The van der Waals surface area contributed by atoms with Gasteiger partial charge in [-0.2, -0.15) is 5.26 Å². The van der Waals surface area contributed by atoms with E-state index in [2.05, 4.69) is 0 Å². The third kappa shape index (κ3) is 2.30. The second kappa shape index (κ2) is 4.94. The van der Waals surface area contributed by atoms with Gasteiger partial charge in [-0.1, -0.05) is 12.1 Å². The van der Waals surface area contributed by atoms with Gasteiger partial charge in [-0.05, 0) is 49.2 Å². The first kappa shape index (κ1) is 6.85. The van der Waals surface area contributed by atoms with Crippen LogP contribution < -0.4 is 0 Å². The van der Waals surface area contributed by atoms with E-state index in [1.165, 1.54) is 0 Å². The molecule has 1 aliphatic rings. The summed E-state index contributed by atoms with van der Waals surface area (Å²) in [5, 5.41) is 8.76. The molecule has 0 amide bonds. The molecule has 3 atom stereocenters. The summed E-state index contributed by atoms with van der Waals surface area (Å²) in [6.45, 7) is 0. The van der Waals surface area contributed by atoms with Crippen LogP contribution in [-0.4, -0.2) is 6.29 Å². The standard InChI is InChI=1S/C14H15NO/c15-9-11-1-5-13(6-2-11)14-7-3-12(10-16)4-8-14/h1-2,5-6,10,12,14H,3-4,7-8H2/i3D2,7D,12D. The highest BCUT2D eigenvalue weighted by molar-refractivity contribution is 5.53. The van der Waals surface area contributed by atoms with E-state index in [-0.39, 0.29) is 12.3 Å². The number of nitrogens with zero attached hydrogens (tertiary/aromatic N) is 1. The SMILES string of the molecule is [2H]C1C(c2ccc(C#N)cc2)CCC([2H])(C=O)C1([2H])[2H]. The third-order valence-corrected chi connectivity index (χ3v) is 2.80. The van der Waals surface area contributed by atoms with Gasteiger partial charge in [-0.3, -0.25) is 0 Å². The Morgan fingerprint density at radius 1 is 1.44 bits per heavy atom. The lowest BCUT2D eigenvalue weighted by Crippen LogP contribution is -2.14. The summed E-state index contributed by atoms with van der Waals surface area (Å²) in [4.78, 5) is 11.0. The average Bonchev–Trinajstić information content (AvgIpc) is 2.46. The molecule has 0 aromatic heterocycles. The van der Waals surface area contributed by atoms with E-state index < -0.39 is 18.7 Å². The minimum absolute atomic E-state index is 0.101. The zero-order valence-electron chi connectivity index (χ0n) is 12.8. The molecule has 2 rings (SSSR count). The molecule has 0 radical (unpaired) electrons. The molecule has 0 N–H and O–H groups in total. The van der Waals surface area contributed by atoms with Crippen molar-refractivity contribution in [2.24, 2.45) is 5.89 Å². The van der Waals surface area contributed by atoms with Gasteiger partial charge in [0.15, 0.2) is 0 Å². The molecule has 0 spiro atoms. The maximum absolute atomic E-state index is 11.0. The highest BCUT2D eigenvalue weighted by atomic mass is 16.1. The average molecular weight is 217 g/mol. The van der Waals surface area contributed by atoms with Gasteiger partial charge in [0.25, 0.3) is 0 Å². The zero-order chi connectivity index (χ0) is 15.0. The Kier molecular flexibility index (Phi) is 2.12. The number of hydrogen-bond donors (Lipinski definition) is 0. The minimum atomic E-state index is -2.19. The lowest BCUT2D eigenvalue weighted by Gasteiger charge is -2.25. The Bertz CT molecular complexity index is 551. The quantitative estimate of drug-likeness (QED) is 0.714. The van der Waals surface area contributed by atoms with Crippen molar-refractivity contribution in [1.29, 1.82) is 5.26 Å². The lowest BCUT2D eigenvalue weighted by molar-refractivity contribution is -0.111. The maximum atomic E-state index is 11.0. The minimum Gasteiger partial charge on any atom is -0.303 e. The molecule has 82 valence electrons. The van der Waals surface area contributed by atoms with Crippen LogP contribution in [0.1, 0.15) is 48.1 Å². The molecule has 0 bridgehead atoms. The van der Waals surface area contributed by atoms with E-state index in [0.29, 0.717) is 18.3 Å². The normalized spacial score (nSPS) is 40.7. The Hall–Kier alpha value is -1.62. The first-order chi connectivity index (χ1) is 9.35. The van der Waals surface area contributed by atoms with Gasteiger partial charge in [0.1, 0.15) is 6.29 Å². The van der Waals surface area contributed by atoms with Gasteiger partial charge in [0, 0.05) is 11.4 Å². The fourth-order valence-electron chi connectivity index (χ4n) is 1.83. The van der Waals surface area contributed by atoms with E-state index in [0.717, 1.165) is 5.56 Å². The molecule has 1 aromatic carbocycles. The second-order valence-corrected chi connectivity index (χ2v) is 3.83. The van der Waals surface area contributed by atoms with Crippen molar-refractivity contribution in [1.82, 2.24) is 0 Å². The number of aldehydes is 1. The summed E-state index contributed by atoms with van der Waals surface area (Å²) < 4.78 is 31.9. The van der Waals surface area contributed by atoms with Crippen molar-refractivity contribution in [3.63, 3.8) is 0 Å². The van der Waals surface area contributed by atoms with Gasteiger partial charge < -0.3 is 4.79 Å². The first-order valence-corrected chi connectivity index (χ1v) is 5.24. The number of carbonyl (C=O) groups excluding carboxylic acids is 1. The van der Waals surface area contributed by atoms with E-state index in [4.69, 9.17) is 10.7 Å². The van der Waals surface area contributed by atoms with Crippen LogP contribution in [0.5, 0.6) is 0 Å². The van der Waals surface area contributed by atoms with E-state index in [1.807, 2.05) is 6.07 Å². The third-order valence-electron chi connectivity index (χ3n) is 2.80. The zero-order valence-corrected chi connectivity index (χ0v) is 8.81. The van der Waals surface area contributed by atoms with Gasteiger partial charge in [0.05, 0.1) is 11.6 Å². The molecule has 3 unspecified atom stereocenters. The summed E-state index contributed by atoms with van der Waals surface area (Å²) >= 11 is 0. The smallest absolute Gasteiger partial charge is 0.123 e. The predicted octanol–water partition coefficient (Wildman–Crippen LogP) is 3.03. The fraction of sp³-hybridized carbons (Fsp3) is 0.429. The molecule has 2 heteroatoms. The largest absolute Gasteiger partial charge is 0.303 e. The molecule has 2 nitrogen and oxygen atoms in total. The van der Waals surface area contributed by atoms with Crippen molar-refractivity contribution in [2.75, 3.05) is 0 Å². The summed E-state index contributed by atoms with van der Waals surface area (Å²) in [5.41, 5.74) is 1.29. The van der Waals surface area contributed by atoms with Crippen molar-refractivity contribution < 1.29 is 10.3 Å². The van der Waals surface area contributed by atoms with Crippen molar-refractivity contribution in [3.8, 4) is 6.07 Å². The topological polar surface area (TPSA) is 40.9 Å². The van der Waals surface area contributed by atoms with Crippen LogP contribution in [0.25, 0.3) is 0 Å². The molecule has 0 aliphatic heterocycles. The lowest BCUT2D eigenvalue weighted by atomic mass is 9.79. The molecule has 1 saturated carbocycles. The number of hydrogen-bond acceptors (Lipinski definition) is 2. The highest BCUT2D eigenvalue weighted by Gasteiger charge is 2.21. The Balaban J connectivity index is 2.32. The van der Waals surface area contributed by atoms with Crippen LogP contribution in [0.2, 0.25) is 0 Å². The van der Waals surface area contributed by atoms with Crippen LogP contribution >= 0.6 is 0 Å². The fourth-order valence-corrected chi connectivity index (χ4v) is 1.83. The van der Waals surface area contributed by atoms with E-state index >= 15 is 0 Å². The van der Waals surface area contributed by atoms with Crippen LogP contribution in [0.15, 0.2) is 24.3 Å². The van der Waals surface area contributed by atoms with Gasteiger partial charge in [-0.15, -0.1) is 0 Å². The number of benzene rings is 1. The predicted molar refractivity (Wildman–Crippen MR) is 61.9 cm³/mol. The number of carbonyl (C=O) groups is 1. The van der Waals surface area contributed by atoms with Crippen molar-refractivity contribution >= 4 is 6.29 Å². The Morgan fingerprint density at radius 2 is 2.19 bits per heavy atom. The highest BCUT2D eigenvalue weighted by Crippen LogP contribution is 2.34. The Labute approximate surface area is 102 Å². The van der Waals surface area contributed by atoms with E-state index in [9.17, 15) is 4.79 Å². The van der Waals surface area contributed by atoms with Crippen LogP contribution in [0, 0.1) is 17.2 Å². The van der Waals surface area contributed by atoms with Crippen LogP contribution in [0.3, 0.4) is 0 Å². The summed E-state index contributed by atoms with van der Waals surface area (Å²) in [7, 11) is 0. The summed E-state index contributed by atoms with van der Waals surface area (Å²) in [5.74, 6) is -2.21. The maximum Gasteiger partial charge on any atom is 0.123 e. The molecular formula is C14H15NO. The summed E-state index contributed by atoms with van der Waals surface area (Å²) in [6.07, 6.45) is -2.52. The Morgan fingerprint density at radius 3 is 2.81 bits per heavy atom. The molecule has 0 saturated heterocycles. The monoisotopic (exact) mass is 217 g/mol. The van der Waals surface area contributed by atoms with E-state index in [1.54, 1.807) is 24.3 Å². The van der Waals surface area contributed by atoms with Crippen LogP contribution in [-0.2, 0) is 4.79 Å². The van der Waals surface area contributed by atoms with Gasteiger partial charge >= 0.3 is 0 Å². The van der Waals surface area contributed by atoms with Crippen molar-refractivity contribution in [3.05, 3.63) is 35.4 Å². The molecule has 1 aromatic rings. The first-order valence-electron chi connectivity index (χ1n) is 7.32. The molecule has 0 heterocycles. The molecule has 16 heavy (non-hydrogen) atoms. The van der Waals surface area contributed by atoms with Gasteiger partial charge in [0.2, 0.25) is 0 Å². The molecule has 1 aliphatic carbocycles. The molecule has 1 fully saturated rings. The van der Waals surface area contributed by atoms with Gasteiger partial charge in [-0.25, -0.2) is 0 Å². The van der Waals surface area contributed by atoms with Crippen LogP contribution in [0.4, 0.5) is 0 Å². The number of nitriles is 1. The van der Waals surface area contributed by atoms with Crippen molar-refractivity contribution in [2.45, 2.75) is 31.5 Å².